The van der Waals surface area contributed by atoms with Crippen molar-refractivity contribution in [3.8, 4) is 0 Å². The van der Waals surface area contributed by atoms with Crippen LogP contribution in [-0.2, 0) is 0 Å². The summed E-state index contributed by atoms with van der Waals surface area (Å²) in [5, 5.41) is 0. The van der Waals surface area contributed by atoms with E-state index in [0.717, 1.165) is 24.3 Å². The third kappa shape index (κ3) is 3.28. The molecule has 2 unspecified atom stereocenters. The lowest BCUT2D eigenvalue weighted by Crippen LogP contribution is -2.24. The van der Waals surface area contributed by atoms with Gasteiger partial charge in [-0.15, -0.1) is 0 Å². The molecule has 13 heavy (non-hydrogen) atoms. The van der Waals surface area contributed by atoms with E-state index in [1.165, 1.54) is 25.9 Å². The minimum Gasteiger partial charge on any atom is -0.330 e. The third-order valence-electron chi connectivity index (χ3n) is 3.37. The van der Waals surface area contributed by atoms with Crippen LogP contribution in [0.5, 0.6) is 0 Å². The second-order valence-corrected chi connectivity index (χ2v) is 4.89. The van der Waals surface area contributed by atoms with Gasteiger partial charge in [-0.2, -0.15) is 0 Å². The molecule has 0 amide bonds. The number of rotatable bonds is 4. The monoisotopic (exact) mass is 184 g/mol. The standard InChI is InChI=1S/C11H24N2/c1-9(2)11(7-12)6-10-4-5-13(3)8-10/h9-11H,4-8,12H2,1-3H3. The highest BCUT2D eigenvalue weighted by molar-refractivity contribution is 4.77. The first-order valence-corrected chi connectivity index (χ1v) is 5.52. The molecule has 1 fully saturated rings. The molecule has 0 aromatic rings. The first-order valence-electron chi connectivity index (χ1n) is 5.52. The highest BCUT2D eigenvalue weighted by atomic mass is 15.1. The SMILES string of the molecule is CC(C)C(CN)CC1CCN(C)C1. The van der Waals surface area contributed by atoms with Crippen molar-refractivity contribution in [2.24, 2.45) is 23.5 Å². The summed E-state index contributed by atoms with van der Waals surface area (Å²) in [5.74, 6) is 2.38. The fourth-order valence-corrected chi connectivity index (χ4v) is 2.29. The van der Waals surface area contributed by atoms with E-state index in [-0.39, 0.29) is 0 Å². The Hall–Kier alpha value is -0.0800. The summed E-state index contributed by atoms with van der Waals surface area (Å²) < 4.78 is 0. The van der Waals surface area contributed by atoms with Crippen molar-refractivity contribution < 1.29 is 0 Å². The van der Waals surface area contributed by atoms with E-state index < -0.39 is 0 Å². The summed E-state index contributed by atoms with van der Waals surface area (Å²) in [5.41, 5.74) is 5.77. The van der Waals surface area contributed by atoms with Crippen LogP contribution in [0, 0.1) is 17.8 Å². The van der Waals surface area contributed by atoms with Crippen LogP contribution in [0.25, 0.3) is 0 Å². The predicted octanol–water partition coefficient (Wildman–Crippen LogP) is 1.56. The van der Waals surface area contributed by atoms with Crippen LogP contribution in [0.4, 0.5) is 0 Å². The molecule has 1 aliphatic rings. The minimum absolute atomic E-state index is 0.733. The largest absolute Gasteiger partial charge is 0.330 e. The predicted molar refractivity (Wildman–Crippen MR) is 57.6 cm³/mol. The van der Waals surface area contributed by atoms with Gasteiger partial charge in [-0.3, -0.25) is 0 Å². The van der Waals surface area contributed by atoms with Gasteiger partial charge in [-0.05, 0) is 50.7 Å². The van der Waals surface area contributed by atoms with Crippen molar-refractivity contribution in [2.45, 2.75) is 26.7 Å². The first kappa shape index (κ1) is 11.0. The second-order valence-electron chi connectivity index (χ2n) is 4.89. The van der Waals surface area contributed by atoms with Crippen LogP contribution >= 0.6 is 0 Å². The molecule has 2 heteroatoms. The summed E-state index contributed by atoms with van der Waals surface area (Å²) in [4.78, 5) is 2.43. The van der Waals surface area contributed by atoms with Crippen molar-refractivity contribution >= 4 is 0 Å². The van der Waals surface area contributed by atoms with E-state index in [4.69, 9.17) is 5.73 Å². The molecule has 1 rings (SSSR count). The van der Waals surface area contributed by atoms with Crippen molar-refractivity contribution in [2.75, 3.05) is 26.7 Å². The van der Waals surface area contributed by atoms with Crippen LogP contribution in [-0.4, -0.2) is 31.6 Å². The lowest BCUT2D eigenvalue weighted by molar-refractivity contribution is 0.298. The van der Waals surface area contributed by atoms with Gasteiger partial charge in [0, 0.05) is 6.54 Å². The number of hydrogen-bond acceptors (Lipinski definition) is 2. The van der Waals surface area contributed by atoms with Crippen molar-refractivity contribution in [3.05, 3.63) is 0 Å². The van der Waals surface area contributed by atoms with E-state index in [9.17, 15) is 0 Å². The molecule has 1 heterocycles. The van der Waals surface area contributed by atoms with Gasteiger partial charge in [-0.25, -0.2) is 0 Å². The van der Waals surface area contributed by atoms with Crippen LogP contribution in [0.15, 0.2) is 0 Å². The van der Waals surface area contributed by atoms with E-state index in [2.05, 4.69) is 25.8 Å². The van der Waals surface area contributed by atoms with Gasteiger partial charge in [0.05, 0.1) is 0 Å². The Morgan fingerprint density at radius 3 is 2.54 bits per heavy atom. The summed E-state index contributed by atoms with van der Waals surface area (Å²) >= 11 is 0. The Kier molecular flexibility index (Phi) is 4.20. The first-order chi connectivity index (χ1) is 6.13. The second kappa shape index (κ2) is 4.97. The highest BCUT2D eigenvalue weighted by Crippen LogP contribution is 2.25. The molecule has 0 aliphatic carbocycles. The van der Waals surface area contributed by atoms with Crippen molar-refractivity contribution in [1.82, 2.24) is 4.90 Å². The summed E-state index contributed by atoms with van der Waals surface area (Å²) in [6, 6.07) is 0. The molecule has 0 bridgehead atoms. The van der Waals surface area contributed by atoms with E-state index in [1.807, 2.05) is 0 Å². The molecule has 0 radical (unpaired) electrons. The Morgan fingerprint density at radius 2 is 2.15 bits per heavy atom. The maximum Gasteiger partial charge on any atom is 0.000720 e. The molecule has 0 aromatic heterocycles. The van der Waals surface area contributed by atoms with Gasteiger partial charge in [0.25, 0.3) is 0 Å². The summed E-state index contributed by atoms with van der Waals surface area (Å²) in [6.45, 7) is 7.99. The van der Waals surface area contributed by atoms with Gasteiger partial charge in [0.1, 0.15) is 0 Å². The van der Waals surface area contributed by atoms with Crippen LogP contribution in [0.3, 0.4) is 0 Å². The average Bonchev–Trinajstić information content (AvgIpc) is 2.46. The summed E-state index contributed by atoms with van der Waals surface area (Å²) in [7, 11) is 2.22. The maximum absolute atomic E-state index is 5.77. The number of nitrogens with zero attached hydrogens (tertiary/aromatic N) is 1. The molecule has 0 saturated carbocycles. The summed E-state index contributed by atoms with van der Waals surface area (Å²) in [6.07, 6.45) is 2.71. The third-order valence-corrected chi connectivity index (χ3v) is 3.37. The number of nitrogens with two attached hydrogens (primary N) is 1. The van der Waals surface area contributed by atoms with Gasteiger partial charge in [0.15, 0.2) is 0 Å². The normalized spacial score (nSPS) is 27.0. The van der Waals surface area contributed by atoms with Crippen LogP contribution in [0.2, 0.25) is 0 Å². The molecule has 78 valence electrons. The van der Waals surface area contributed by atoms with E-state index in [0.29, 0.717) is 0 Å². The zero-order valence-corrected chi connectivity index (χ0v) is 9.29. The molecule has 1 saturated heterocycles. The number of likely N-dealkylation sites (tertiary alicyclic amines) is 1. The molecule has 0 aromatic carbocycles. The van der Waals surface area contributed by atoms with Crippen LogP contribution < -0.4 is 5.73 Å². The van der Waals surface area contributed by atoms with Gasteiger partial charge < -0.3 is 10.6 Å². The zero-order valence-electron chi connectivity index (χ0n) is 9.29. The lowest BCUT2D eigenvalue weighted by Gasteiger charge is -2.22. The topological polar surface area (TPSA) is 29.3 Å². The molecular weight excluding hydrogens is 160 g/mol. The Morgan fingerprint density at radius 1 is 1.46 bits per heavy atom. The molecule has 2 nitrogen and oxygen atoms in total. The highest BCUT2D eigenvalue weighted by Gasteiger charge is 2.23. The lowest BCUT2D eigenvalue weighted by atomic mass is 9.86. The fourth-order valence-electron chi connectivity index (χ4n) is 2.29. The number of hydrogen-bond donors (Lipinski definition) is 1. The average molecular weight is 184 g/mol. The minimum atomic E-state index is 0.733. The van der Waals surface area contributed by atoms with Crippen molar-refractivity contribution in [3.63, 3.8) is 0 Å². The van der Waals surface area contributed by atoms with E-state index in [1.54, 1.807) is 0 Å². The van der Waals surface area contributed by atoms with Gasteiger partial charge >= 0.3 is 0 Å². The smallest absolute Gasteiger partial charge is 0.000720 e. The molecule has 2 N–H and O–H groups in total. The van der Waals surface area contributed by atoms with E-state index >= 15 is 0 Å². The fraction of sp³-hybridized carbons (Fsp3) is 1.00. The molecule has 2 atom stereocenters. The Bertz CT molecular complexity index is 145. The Labute approximate surface area is 82.5 Å². The van der Waals surface area contributed by atoms with Crippen molar-refractivity contribution in [1.29, 1.82) is 0 Å². The maximum atomic E-state index is 5.77. The van der Waals surface area contributed by atoms with Crippen LogP contribution in [0.1, 0.15) is 26.7 Å². The van der Waals surface area contributed by atoms with Gasteiger partial charge in [-0.1, -0.05) is 13.8 Å². The molecule has 1 aliphatic heterocycles. The van der Waals surface area contributed by atoms with Gasteiger partial charge in [0.2, 0.25) is 0 Å². The Balaban J connectivity index is 2.30. The zero-order chi connectivity index (χ0) is 9.84. The molecular formula is C11H24N2. The quantitative estimate of drug-likeness (QED) is 0.718. The molecule has 0 spiro atoms.